The number of carbonyl (C=O) groups excluding carboxylic acids is 2. The van der Waals surface area contributed by atoms with Crippen molar-refractivity contribution in [1.29, 1.82) is 0 Å². The minimum absolute atomic E-state index is 0.324. The fourth-order valence-corrected chi connectivity index (χ4v) is 2.26. The highest BCUT2D eigenvalue weighted by atomic mass is 16.6. The van der Waals surface area contributed by atoms with E-state index in [-0.39, 0.29) is 6.09 Å². The van der Waals surface area contributed by atoms with Gasteiger partial charge in [-0.3, -0.25) is 9.69 Å². The van der Waals surface area contributed by atoms with Crippen LogP contribution in [0.1, 0.15) is 32.8 Å². The van der Waals surface area contributed by atoms with Crippen molar-refractivity contribution in [2.75, 3.05) is 16.8 Å². The Labute approximate surface area is 118 Å². The number of benzene rings is 1. The molecule has 1 aliphatic heterocycles. The number of nitrogens with one attached hydrogen (secondary N) is 1. The largest absolute Gasteiger partial charge is 0.443 e. The van der Waals surface area contributed by atoms with Crippen molar-refractivity contribution < 1.29 is 14.3 Å². The second-order valence-electron chi connectivity index (χ2n) is 5.84. The van der Waals surface area contributed by atoms with Crippen LogP contribution in [-0.4, -0.2) is 24.6 Å². The summed E-state index contributed by atoms with van der Waals surface area (Å²) in [5, 5.41) is 2.62. The molecule has 1 N–H and O–H groups in total. The molecule has 0 saturated carbocycles. The maximum absolute atomic E-state index is 12.2. The van der Waals surface area contributed by atoms with Crippen LogP contribution in [0.4, 0.5) is 16.2 Å². The quantitative estimate of drug-likeness (QED) is 0.845. The van der Waals surface area contributed by atoms with Gasteiger partial charge in [0.1, 0.15) is 5.60 Å². The average molecular weight is 276 g/mol. The van der Waals surface area contributed by atoms with Crippen LogP contribution in [-0.2, 0) is 16.0 Å². The molecule has 2 amide bonds. The molecule has 2 rings (SSSR count). The molecule has 0 atom stereocenters. The summed E-state index contributed by atoms with van der Waals surface area (Å²) < 4.78 is 5.43. The van der Waals surface area contributed by atoms with Crippen LogP contribution >= 0.6 is 0 Å². The van der Waals surface area contributed by atoms with Gasteiger partial charge in [-0.15, -0.1) is 0 Å². The fraction of sp³-hybridized carbons (Fsp3) is 0.467. The number of anilines is 2. The molecule has 1 aromatic carbocycles. The Kier molecular flexibility index (Phi) is 3.97. The monoisotopic (exact) mass is 276 g/mol. The Balaban J connectivity index is 2.24. The van der Waals surface area contributed by atoms with Crippen molar-refractivity contribution in [2.45, 2.75) is 39.2 Å². The van der Waals surface area contributed by atoms with Crippen LogP contribution in [0.25, 0.3) is 0 Å². The van der Waals surface area contributed by atoms with E-state index in [1.807, 2.05) is 32.9 Å². The van der Waals surface area contributed by atoms with E-state index in [4.69, 9.17) is 4.74 Å². The fourth-order valence-electron chi connectivity index (χ4n) is 2.26. The molecule has 1 heterocycles. The van der Waals surface area contributed by atoms with Crippen LogP contribution in [0, 0.1) is 0 Å². The first-order chi connectivity index (χ1) is 9.40. The molecule has 0 fully saturated rings. The summed E-state index contributed by atoms with van der Waals surface area (Å²) in [6.45, 7) is 6.22. The van der Waals surface area contributed by atoms with Crippen LogP contribution in [0.3, 0.4) is 0 Å². The van der Waals surface area contributed by atoms with Gasteiger partial charge < -0.3 is 10.1 Å². The highest BCUT2D eigenvalue weighted by Crippen LogP contribution is 2.30. The molecular formula is C15H20N2O3. The predicted molar refractivity (Wildman–Crippen MR) is 78.0 cm³/mol. The van der Waals surface area contributed by atoms with Crippen molar-refractivity contribution in [3.05, 3.63) is 23.8 Å². The third-order valence-corrected chi connectivity index (χ3v) is 3.04. The first-order valence-corrected chi connectivity index (χ1v) is 6.74. The van der Waals surface area contributed by atoms with E-state index < -0.39 is 5.60 Å². The Bertz CT molecular complexity index is 520. The van der Waals surface area contributed by atoms with E-state index in [9.17, 15) is 9.59 Å². The number of nitrogens with zero attached hydrogens (tertiary/aromatic N) is 1. The average Bonchev–Trinajstić information content (AvgIpc) is 2.36. The summed E-state index contributed by atoms with van der Waals surface area (Å²) in [4.78, 5) is 24.4. The number of hydrogen-bond donors (Lipinski definition) is 1. The molecule has 0 aromatic heterocycles. The lowest BCUT2D eigenvalue weighted by molar-refractivity contribution is -0.105. The summed E-state index contributed by atoms with van der Waals surface area (Å²) >= 11 is 0. The third kappa shape index (κ3) is 3.29. The predicted octanol–water partition coefficient (Wildman–Crippen LogP) is 2.94. The van der Waals surface area contributed by atoms with Gasteiger partial charge in [0.15, 0.2) is 0 Å². The topological polar surface area (TPSA) is 58.6 Å². The highest BCUT2D eigenvalue weighted by Gasteiger charge is 2.27. The lowest BCUT2D eigenvalue weighted by atomic mass is 10.0. The second-order valence-corrected chi connectivity index (χ2v) is 5.84. The number of amides is 2. The summed E-state index contributed by atoms with van der Waals surface area (Å²) in [7, 11) is 0. The third-order valence-electron chi connectivity index (χ3n) is 3.04. The molecule has 0 aliphatic carbocycles. The van der Waals surface area contributed by atoms with Crippen molar-refractivity contribution in [3.63, 3.8) is 0 Å². The molecule has 0 unspecified atom stereocenters. The van der Waals surface area contributed by atoms with E-state index in [2.05, 4.69) is 5.32 Å². The van der Waals surface area contributed by atoms with Crippen LogP contribution in [0.2, 0.25) is 0 Å². The number of rotatable bonds is 2. The molecule has 0 saturated heterocycles. The van der Waals surface area contributed by atoms with Gasteiger partial charge in [-0.05, 0) is 57.4 Å². The zero-order valence-electron chi connectivity index (χ0n) is 12.1. The molecule has 0 bridgehead atoms. The van der Waals surface area contributed by atoms with Gasteiger partial charge in [-0.2, -0.15) is 0 Å². The van der Waals surface area contributed by atoms with Crippen molar-refractivity contribution >= 4 is 23.9 Å². The summed E-state index contributed by atoms with van der Waals surface area (Å²) in [6, 6.07) is 5.54. The van der Waals surface area contributed by atoms with Crippen molar-refractivity contribution in [2.24, 2.45) is 0 Å². The minimum atomic E-state index is -0.506. The van der Waals surface area contributed by atoms with Crippen LogP contribution in [0.15, 0.2) is 18.2 Å². The molecule has 1 aliphatic rings. The van der Waals surface area contributed by atoms with E-state index in [0.717, 1.165) is 29.8 Å². The Morgan fingerprint density at radius 3 is 2.80 bits per heavy atom. The van der Waals surface area contributed by atoms with Gasteiger partial charge >= 0.3 is 6.09 Å². The molecule has 0 radical (unpaired) electrons. The van der Waals surface area contributed by atoms with Crippen LogP contribution in [0.5, 0.6) is 0 Å². The Hall–Kier alpha value is -2.04. The maximum Gasteiger partial charge on any atom is 0.414 e. The number of fused-ring (bicyclic) bond motifs is 1. The Morgan fingerprint density at radius 1 is 1.40 bits per heavy atom. The van der Waals surface area contributed by atoms with E-state index in [0.29, 0.717) is 13.0 Å². The minimum Gasteiger partial charge on any atom is -0.443 e. The summed E-state index contributed by atoms with van der Waals surface area (Å²) in [5.41, 5.74) is 2.15. The van der Waals surface area contributed by atoms with Gasteiger partial charge in [0.05, 0.1) is 5.69 Å². The van der Waals surface area contributed by atoms with E-state index >= 15 is 0 Å². The standard InChI is InChI=1S/C15H20N2O3/c1-15(2,3)20-14(19)17-8-4-5-11-9-12(16-10-18)6-7-13(11)17/h6-7,9-10H,4-5,8H2,1-3H3,(H,16,18). The number of ether oxygens (including phenoxy) is 1. The van der Waals surface area contributed by atoms with Crippen molar-refractivity contribution in [3.8, 4) is 0 Å². The smallest absolute Gasteiger partial charge is 0.414 e. The van der Waals surface area contributed by atoms with Crippen LogP contribution < -0.4 is 10.2 Å². The molecule has 108 valence electrons. The van der Waals surface area contributed by atoms with Gasteiger partial charge in [0.2, 0.25) is 6.41 Å². The van der Waals surface area contributed by atoms with E-state index in [1.165, 1.54) is 0 Å². The normalized spacial score (nSPS) is 14.4. The molecule has 20 heavy (non-hydrogen) atoms. The lowest BCUT2D eigenvalue weighted by Crippen LogP contribution is -2.39. The molecule has 5 heteroatoms. The zero-order valence-corrected chi connectivity index (χ0v) is 12.1. The lowest BCUT2D eigenvalue weighted by Gasteiger charge is -2.31. The van der Waals surface area contributed by atoms with Gasteiger partial charge in [-0.25, -0.2) is 4.79 Å². The number of aryl methyl sites for hydroxylation is 1. The second kappa shape index (κ2) is 5.53. The first-order valence-electron chi connectivity index (χ1n) is 6.74. The molecule has 0 spiro atoms. The molecule has 1 aromatic rings. The summed E-state index contributed by atoms with van der Waals surface area (Å²) in [5.74, 6) is 0. The van der Waals surface area contributed by atoms with E-state index in [1.54, 1.807) is 11.0 Å². The highest BCUT2D eigenvalue weighted by molar-refractivity contribution is 5.90. The zero-order chi connectivity index (χ0) is 14.8. The SMILES string of the molecule is CC(C)(C)OC(=O)N1CCCc2cc(NC=O)ccc21. The summed E-state index contributed by atoms with van der Waals surface area (Å²) in [6.07, 6.45) is 2.10. The Morgan fingerprint density at radius 2 is 2.15 bits per heavy atom. The number of hydrogen-bond acceptors (Lipinski definition) is 3. The number of carbonyl (C=O) groups is 2. The molecule has 5 nitrogen and oxygen atoms in total. The first kappa shape index (κ1) is 14.4. The van der Waals surface area contributed by atoms with Gasteiger partial charge in [0, 0.05) is 12.2 Å². The van der Waals surface area contributed by atoms with Crippen molar-refractivity contribution in [1.82, 2.24) is 0 Å². The molecular weight excluding hydrogens is 256 g/mol. The van der Waals surface area contributed by atoms with Gasteiger partial charge in [0.25, 0.3) is 0 Å². The van der Waals surface area contributed by atoms with Gasteiger partial charge in [-0.1, -0.05) is 0 Å². The maximum atomic E-state index is 12.2.